The highest BCUT2D eigenvalue weighted by Gasteiger charge is 2.38. The maximum Gasteiger partial charge on any atom is 0.471 e. The lowest BCUT2D eigenvalue weighted by Gasteiger charge is -2.24. The molecular formula is C14H22F3N3O2. The van der Waals surface area contributed by atoms with Crippen molar-refractivity contribution in [1.29, 1.82) is 0 Å². The van der Waals surface area contributed by atoms with Crippen molar-refractivity contribution in [2.45, 2.75) is 40.4 Å². The summed E-state index contributed by atoms with van der Waals surface area (Å²) in [6.07, 6.45) is -3.21. The van der Waals surface area contributed by atoms with Gasteiger partial charge in [-0.3, -0.25) is 4.79 Å². The lowest BCUT2D eigenvalue weighted by Crippen LogP contribution is -2.42. The molecule has 0 fully saturated rings. The average Bonchev–Trinajstić information content (AvgIpc) is 2.75. The van der Waals surface area contributed by atoms with Gasteiger partial charge >= 0.3 is 12.1 Å². The van der Waals surface area contributed by atoms with Crippen molar-refractivity contribution in [2.24, 2.45) is 11.8 Å². The van der Waals surface area contributed by atoms with E-state index in [2.05, 4.69) is 25.9 Å². The van der Waals surface area contributed by atoms with Crippen LogP contribution in [0.25, 0.3) is 0 Å². The lowest BCUT2D eigenvalue weighted by atomic mass is 10.1. The topological polar surface area (TPSA) is 56.1 Å². The molecule has 1 aromatic rings. The number of hydrogen-bond donors (Lipinski definition) is 1. The number of fused-ring (bicyclic) bond motifs is 1. The number of hydrogen-bond acceptors (Lipinski definition) is 3. The Kier molecular flexibility index (Phi) is 6.25. The summed E-state index contributed by atoms with van der Waals surface area (Å²) in [5, 5.41) is 5.88. The molecule has 8 heteroatoms. The summed E-state index contributed by atoms with van der Waals surface area (Å²) in [7, 11) is 0. The van der Waals surface area contributed by atoms with Gasteiger partial charge in [0.15, 0.2) is 0 Å². The highest BCUT2D eigenvalue weighted by atomic mass is 19.4. The molecule has 22 heavy (non-hydrogen) atoms. The fraction of sp³-hybridized carbons (Fsp3) is 0.714. The van der Waals surface area contributed by atoms with Crippen molar-refractivity contribution >= 4 is 5.91 Å². The summed E-state index contributed by atoms with van der Waals surface area (Å²) in [6.45, 7) is 8.95. The molecule has 0 radical (unpaired) electrons. The first-order chi connectivity index (χ1) is 10.1. The standard InChI is InChI=1S/C10H12F3N3O2.C4H10/c1-6-2-15-16-4-7(5-18-8(6)16)3-14-9(17)10(11,12)13;1-4(2)3/h2,7H,3-5H2,1H3,(H,14,17);4H,1-3H3. The van der Waals surface area contributed by atoms with E-state index in [1.165, 1.54) is 0 Å². The van der Waals surface area contributed by atoms with E-state index < -0.39 is 12.1 Å². The lowest BCUT2D eigenvalue weighted by molar-refractivity contribution is -0.173. The van der Waals surface area contributed by atoms with Crippen LogP contribution in [0.2, 0.25) is 0 Å². The van der Waals surface area contributed by atoms with E-state index >= 15 is 0 Å². The number of aromatic nitrogens is 2. The zero-order valence-electron chi connectivity index (χ0n) is 13.2. The summed E-state index contributed by atoms with van der Waals surface area (Å²) < 4.78 is 42.9. The Morgan fingerprint density at radius 1 is 1.50 bits per heavy atom. The molecule has 0 saturated carbocycles. The Bertz CT molecular complexity index is 495. The maximum atomic E-state index is 12.0. The number of ether oxygens (including phenoxy) is 1. The van der Waals surface area contributed by atoms with Crippen LogP contribution in [-0.2, 0) is 11.3 Å². The third-order valence-corrected chi connectivity index (χ3v) is 2.66. The van der Waals surface area contributed by atoms with E-state index in [9.17, 15) is 18.0 Å². The van der Waals surface area contributed by atoms with Crippen LogP contribution in [-0.4, -0.2) is 35.0 Å². The normalized spacial score (nSPS) is 17.2. The summed E-state index contributed by atoms with van der Waals surface area (Å²) >= 11 is 0. The van der Waals surface area contributed by atoms with Gasteiger partial charge in [0.05, 0.1) is 19.3 Å². The van der Waals surface area contributed by atoms with Gasteiger partial charge in [-0.15, -0.1) is 0 Å². The second-order valence-corrected chi connectivity index (χ2v) is 5.93. The van der Waals surface area contributed by atoms with Crippen molar-refractivity contribution in [3.63, 3.8) is 0 Å². The van der Waals surface area contributed by atoms with Crippen LogP contribution >= 0.6 is 0 Å². The molecule has 1 aliphatic rings. The summed E-state index contributed by atoms with van der Waals surface area (Å²) in [4.78, 5) is 10.7. The predicted molar refractivity (Wildman–Crippen MR) is 75.5 cm³/mol. The van der Waals surface area contributed by atoms with Gasteiger partial charge in [-0.2, -0.15) is 18.3 Å². The molecule has 0 aliphatic carbocycles. The zero-order valence-corrected chi connectivity index (χ0v) is 13.2. The fourth-order valence-electron chi connectivity index (χ4n) is 1.74. The van der Waals surface area contributed by atoms with Crippen molar-refractivity contribution in [3.05, 3.63) is 11.8 Å². The van der Waals surface area contributed by atoms with Crippen molar-refractivity contribution in [3.8, 4) is 5.88 Å². The molecule has 1 N–H and O–H groups in total. The molecule has 1 atom stereocenters. The minimum atomic E-state index is -4.84. The Balaban J connectivity index is 0.000000541. The monoisotopic (exact) mass is 321 g/mol. The van der Waals surface area contributed by atoms with Crippen molar-refractivity contribution < 1.29 is 22.7 Å². The van der Waals surface area contributed by atoms with Crippen molar-refractivity contribution in [1.82, 2.24) is 15.1 Å². The molecule has 0 bridgehead atoms. The fourth-order valence-corrected chi connectivity index (χ4v) is 1.74. The van der Waals surface area contributed by atoms with Crippen LogP contribution in [0.5, 0.6) is 5.88 Å². The number of alkyl halides is 3. The summed E-state index contributed by atoms with van der Waals surface area (Å²) in [5.74, 6) is -0.679. The Morgan fingerprint density at radius 2 is 2.09 bits per heavy atom. The molecule has 2 rings (SSSR count). The summed E-state index contributed by atoms with van der Waals surface area (Å²) in [5.41, 5.74) is 0.882. The van der Waals surface area contributed by atoms with Crippen LogP contribution in [0.3, 0.4) is 0 Å². The highest BCUT2D eigenvalue weighted by Crippen LogP contribution is 2.23. The van der Waals surface area contributed by atoms with E-state index in [1.54, 1.807) is 10.9 Å². The first-order valence-corrected chi connectivity index (χ1v) is 7.11. The Hall–Kier alpha value is -1.73. The van der Waals surface area contributed by atoms with Crippen LogP contribution in [0.15, 0.2) is 6.20 Å². The Morgan fingerprint density at radius 3 is 2.64 bits per heavy atom. The van der Waals surface area contributed by atoms with E-state index in [1.807, 2.05) is 12.2 Å². The van der Waals surface area contributed by atoms with Crippen LogP contribution < -0.4 is 10.1 Å². The van der Waals surface area contributed by atoms with Crippen LogP contribution in [0.1, 0.15) is 26.3 Å². The Labute approximate surface area is 127 Å². The third kappa shape index (κ3) is 5.57. The first kappa shape index (κ1) is 18.3. The molecule has 1 aromatic heterocycles. The molecule has 0 saturated heterocycles. The van der Waals surface area contributed by atoms with Gasteiger partial charge in [0.1, 0.15) is 0 Å². The number of nitrogens with zero attached hydrogens (tertiary/aromatic N) is 2. The second kappa shape index (κ2) is 7.51. The highest BCUT2D eigenvalue weighted by molar-refractivity contribution is 5.81. The molecule has 1 unspecified atom stereocenters. The maximum absolute atomic E-state index is 12.0. The largest absolute Gasteiger partial charge is 0.477 e. The number of carbonyl (C=O) groups is 1. The van der Waals surface area contributed by atoms with Gasteiger partial charge in [-0.05, 0) is 12.8 Å². The summed E-state index contributed by atoms with van der Waals surface area (Å²) in [6, 6.07) is 0. The molecule has 0 spiro atoms. The van der Waals surface area contributed by atoms with E-state index in [0.717, 1.165) is 11.5 Å². The molecule has 126 valence electrons. The van der Waals surface area contributed by atoms with Gasteiger partial charge in [0.25, 0.3) is 0 Å². The van der Waals surface area contributed by atoms with Gasteiger partial charge < -0.3 is 10.1 Å². The number of nitrogens with one attached hydrogen (secondary N) is 1. The van der Waals surface area contributed by atoms with Gasteiger partial charge in [0.2, 0.25) is 5.88 Å². The molecule has 5 nitrogen and oxygen atoms in total. The molecule has 0 aromatic carbocycles. The average molecular weight is 321 g/mol. The smallest absolute Gasteiger partial charge is 0.471 e. The minimum absolute atomic E-state index is 0.0866. The number of amides is 1. The van der Waals surface area contributed by atoms with Gasteiger partial charge in [-0.25, -0.2) is 4.68 Å². The SMILES string of the molecule is CC(C)C.Cc1cnn2c1OCC(CNC(=O)C(F)(F)F)C2. The molecule has 1 amide bonds. The van der Waals surface area contributed by atoms with Crippen molar-refractivity contribution in [2.75, 3.05) is 13.2 Å². The van der Waals surface area contributed by atoms with Gasteiger partial charge in [0, 0.05) is 18.0 Å². The number of halogens is 3. The van der Waals surface area contributed by atoms with E-state index in [4.69, 9.17) is 4.74 Å². The third-order valence-electron chi connectivity index (χ3n) is 2.66. The first-order valence-electron chi connectivity index (χ1n) is 7.11. The number of aryl methyl sites for hydroxylation is 1. The molecular weight excluding hydrogens is 299 g/mol. The second-order valence-electron chi connectivity index (χ2n) is 5.93. The van der Waals surface area contributed by atoms with Gasteiger partial charge in [-0.1, -0.05) is 20.8 Å². The zero-order chi connectivity index (χ0) is 16.9. The van der Waals surface area contributed by atoms with E-state index in [-0.39, 0.29) is 19.1 Å². The molecule has 1 aliphatic heterocycles. The van der Waals surface area contributed by atoms with Crippen LogP contribution in [0.4, 0.5) is 13.2 Å². The quantitative estimate of drug-likeness (QED) is 0.911. The van der Waals surface area contributed by atoms with Crippen LogP contribution in [0, 0.1) is 18.8 Å². The number of carbonyl (C=O) groups excluding carboxylic acids is 1. The van der Waals surface area contributed by atoms with E-state index in [0.29, 0.717) is 12.4 Å². The predicted octanol–water partition coefficient (Wildman–Crippen LogP) is 2.54. The number of rotatable bonds is 2. The molecule has 2 heterocycles. The minimum Gasteiger partial charge on any atom is -0.477 e.